The molecule has 6 heteroatoms. The number of ether oxygens (including phenoxy) is 1. The third-order valence-electron chi connectivity index (χ3n) is 3.10. The van der Waals surface area contributed by atoms with Gasteiger partial charge in [-0.2, -0.15) is 8.75 Å². The van der Waals surface area contributed by atoms with Gasteiger partial charge >= 0.3 is 5.97 Å². The summed E-state index contributed by atoms with van der Waals surface area (Å²) in [6.45, 7) is 2.14. The van der Waals surface area contributed by atoms with Crippen LogP contribution in [0.1, 0.15) is 28.4 Å². The Kier molecular flexibility index (Phi) is 4.70. The molecule has 0 saturated heterocycles. The first-order valence-corrected chi connectivity index (χ1v) is 8.41. The van der Waals surface area contributed by atoms with Gasteiger partial charge in [-0.05, 0) is 59.3 Å². The Morgan fingerprint density at radius 1 is 1.13 bits per heavy atom. The lowest BCUT2D eigenvalue weighted by atomic mass is 10.1. The van der Waals surface area contributed by atoms with Gasteiger partial charge < -0.3 is 4.74 Å². The lowest BCUT2D eigenvalue weighted by molar-refractivity contribution is 0.0526. The second-order valence-corrected chi connectivity index (χ2v) is 5.99. The van der Waals surface area contributed by atoms with Crippen molar-refractivity contribution >= 4 is 44.7 Å². The predicted molar refractivity (Wildman–Crippen MR) is 93.5 cm³/mol. The summed E-state index contributed by atoms with van der Waals surface area (Å²) in [6, 6.07) is 10.8. The summed E-state index contributed by atoms with van der Waals surface area (Å²) in [7, 11) is 0. The van der Waals surface area contributed by atoms with Gasteiger partial charge in [0.2, 0.25) is 0 Å². The summed E-state index contributed by atoms with van der Waals surface area (Å²) in [5.41, 5.74) is 3.77. The number of carbonyl (C=O) groups excluding carboxylic acids is 1. The maximum absolute atomic E-state index is 11.6. The van der Waals surface area contributed by atoms with E-state index in [9.17, 15) is 4.79 Å². The van der Waals surface area contributed by atoms with Crippen molar-refractivity contribution in [2.75, 3.05) is 6.61 Å². The molecule has 23 heavy (non-hydrogen) atoms. The van der Waals surface area contributed by atoms with Gasteiger partial charge in [0.1, 0.15) is 11.0 Å². The Hall–Kier alpha value is -2.23. The second kappa shape index (κ2) is 6.90. The van der Waals surface area contributed by atoms with Crippen molar-refractivity contribution in [2.45, 2.75) is 6.92 Å². The first-order valence-electron chi connectivity index (χ1n) is 6.89. The molecule has 0 aliphatic rings. The van der Waals surface area contributed by atoms with Crippen LogP contribution in [0.5, 0.6) is 0 Å². The largest absolute Gasteiger partial charge is 0.462 e. The van der Waals surface area contributed by atoms with Crippen molar-refractivity contribution in [1.29, 1.82) is 0 Å². The molecule has 1 aromatic heterocycles. The Morgan fingerprint density at radius 2 is 1.87 bits per heavy atom. The smallest absolute Gasteiger partial charge is 0.338 e. The molecule has 0 aliphatic carbocycles. The molecule has 0 unspecified atom stereocenters. The molecule has 0 atom stereocenters. The lowest BCUT2D eigenvalue weighted by Gasteiger charge is -2.00. The maximum atomic E-state index is 11.6. The number of halogens is 1. The first kappa shape index (κ1) is 15.7. The molecule has 2 aromatic carbocycles. The Bertz CT molecular complexity index is 923. The van der Waals surface area contributed by atoms with E-state index in [-0.39, 0.29) is 5.97 Å². The quantitative estimate of drug-likeness (QED) is 0.492. The zero-order chi connectivity index (χ0) is 16.2. The van der Waals surface area contributed by atoms with E-state index in [1.54, 1.807) is 31.2 Å². The minimum absolute atomic E-state index is 0.324. The van der Waals surface area contributed by atoms with E-state index in [1.807, 2.05) is 12.1 Å². The molecule has 3 rings (SSSR count). The van der Waals surface area contributed by atoms with Crippen LogP contribution in [0.4, 0.5) is 0 Å². The predicted octanol–water partition coefficient (Wildman–Crippen LogP) is 4.03. The van der Waals surface area contributed by atoms with Gasteiger partial charge in [0.15, 0.2) is 0 Å². The second-order valence-electron chi connectivity index (χ2n) is 4.60. The molecule has 4 nitrogen and oxygen atoms in total. The average Bonchev–Trinajstić information content (AvgIpc) is 3.06. The number of rotatable bonds is 2. The highest BCUT2D eigenvalue weighted by atomic mass is 79.9. The number of aromatic nitrogens is 2. The zero-order valence-electron chi connectivity index (χ0n) is 12.2. The molecule has 0 N–H and O–H groups in total. The molecule has 0 radical (unpaired) electrons. The number of carbonyl (C=O) groups is 1. The third-order valence-corrected chi connectivity index (χ3v) is 4.27. The molecule has 0 amide bonds. The highest BCUT2D eigenvalue weighted by Gasteiger charge is 2.07. The van der Waals surface area contributed by atoms with Crippen molar-refractivity contribution in [2.24, 2.45) is 0 Å². The summed E-state index contributed by atoms with van der Waals surface area (Å²) < 4.78 is 14.4. The zero-order valence-corrected chi connectivity index (χ0v) is 14.6. The summed E-state index contributed by atoms with van der Waals surface area (Å²) in [5, 5.41) is 0. The molecular weight excluding hydrogens is 376 g/mol. The van der Waals surface area contributed by atoms with E-state index in [0.717, 1.165) is 38.4 Å². The fourth-order valence-electron chi connectivity index (χ4n) is 1.98. The lowest BCUT2D eigenvalue weighted by Crippen LogP contribution is -2.04. The number of nitrogens with zero attached hydrogens (tertiary/aromatic N) is 2. The summed E-state index contributed by atoms with van der Waals surface area (Å²) in [5.74, 6) is 5.86. The fourth-order valence-corrected chi connectivity index (χ4v) is 3.08. The Morgan fingerprint density at radius 3 is 2.61 bits per heavy atom. The molecule has 3 aromatic rings. The SMILES string of the molecule is CCOC(=O)c1ccc(C#Cc2ccc(Br)c3nsnc23)cc1. The van der Waals surface area contributed by atoms with Gasteiger partial charge in [0, 0.05) is 10.0 Å². The number of esters is 1. The van der Waals surface area contributed by atoms with E-state index in [4.69, 9.17) is 4.74 Å². The van der Waals surface area contributed by atoms with Crippen LogP contribution in [-0.2, 0) is 4.74 Å². The highest BCUT2D eigenvalue weighted by Crippen LogP contribution is 2.24. The van der Waals surface area contributed by atoms with Crippen LogP contribution in [0, 0.1) is 11.8 Å². The number of hydrogen-bond acceptors (Lipinski definition) is 5. The van der Waals surface area contributed by atoms with E-state index in [2.05, 4.69) is 36.5 Å². The normalized spacial score (nSPS) is 10.2. The van der Waals surface area contributed by atoms with Crippen molar-refractivity contribution in [3.63, 3.8) is 0 Å². The molecule has 0 bridgehead atoms. The number of hydrogen-bond donors (Lipinski definition) is 0. The molecule has 114 valence electrons. The molecule has 0 aliphatic heterocycles. The molecule has 0 saturated carbocycles. The van der Waals surface area contributed by atoms with Gasteiger partial charge in [-0.1, -0.05) is 11.8 Å². The van der Waals surface area contributed by atoms with Gasteiger partial charge in [-0.15, -0.1) is 0 Å². The monoisotopic (exact) mass is 386 g/mol. The first-order chi connectivity index (χ1) is 11.2. The standard InChI is InChI=1S/C17H11BrN2O2S/c1-2-22-17(21)13-7-4-11(5-8-13)3-6-12-9-10-14(18)16-15(12)19-23-20-16/h4-5,7-10H,2H2,1H3. The van der Waals surface area contributed by atoms with Crippen LogP contribution in [0.15, 0.2) is 40.9 Å². The number of fused-ring (bicyclic) bond motifs is 1. The van der Waals surface area contributed by atoms with E-state index in [1.165, 1.54) is 0 Å². The van der Waals surface area contributed by atoms with Gasteiger partial charge in [-0.25, -0.2) is 4.79 Å². The summed E-state index contributed by atoms with van der Waals surface area (Å²) in [4.78, 5) is 11.6. The maximum Gasteiger partial charge on any atom is 0.338 e. The number of benzene rings is 2. The van der Waals surface area contributed by atoms with Crippen LogP contribution in [-0.4, -0.2) is 21.3 Å². The van der Waals surface area contributed by atoms with E-state index < -0.39 is 0 Å². The van der Waals surface area contributed by atoms with Crippen LogP contribution in [0.3, 0.4) is 0 Å². The Balaban J connectivity index is 1.87. The Labute approximate surface area is 145 Å². The topological polar surface area (TPSA) is 52.1 Å². The fraction of sp³-hybridized carbons (Fsp3) is 0.118. The van der Waals surface area contributed by atoms with Crippen molar-refractivity contribution in [3.05, 3.63) is 57.6 Å². The summed E-state index contributed by atoms with van der Waals surface area (Å²) >= 11 is 4.62. The highest BCUT2D eigenvalue weighted by molar-refractivity contribution is 9.10. The van der Waals surface area contributed by atoms with Gasteiger partial charge in [0.05, 0.1) is 29.5 Å². The van der Waals surface area contributed by atoms with Crippen molar-refractivity contribution in [1.82, 2.24) is 8.75 Å². The van der Waals surface area contributed by atoms with Crippen molar-refractivity contribution < 1.29 is 9.53 Å². The minimum Gasteiger partial charge on any atom is -0.462 e. The summed E-state index contributed by atoms with van der Waals surface area (Å²) in [6.07, 6.45) is 0. The average molecular weight is 387 g/mol. The van der Waals surface area contributed by atoms with Crippen molar-refractivity contribution in [3.8, 4) is 11.8 Å². The molecule has 1 heterocycles. The molecule has 0 fully saturated rings. The van der Waals surface area contributed by atoms with Crippen LogP contribution < -0.4 is 0 Å². The van der Waals surface area contributed by atoms with Crippen LogP contribution in [0.25, 0.3) is 11.0 Å². The van der Waals surface area contributed by atoms with Gasteiger partial charge in [0.25, 0.3) is 0 Å². The molecule has 0 spiro atoms. The van der Waals surface area contributed by atoms with Crippen LogP contribution >= 0.6 is 27.7 Å². The van der Waals surface area contributed by atoms with Crippen LogP contribution in [0.2, 0.25) is 0 Å². The minimum atomic E-state index is -0.324. The molecular formula is C17H11BrN2O2S. The van der Waals surface area contributed by atoms with Gasteiger partial charge in [-0.3, -0.25) is 0 Å². The van der Waals surface area contributed by atoms with E-state index in [0.29, 0.717) is 12.2 Å². The van der Waals surface area contributed by atoms with E-state index >= 15 is 0 Å². The third kappa shape index (κ3) is 3.41.